The second kappa shape index (κ2) is 5.59. The first-order valence-corrected chi connectivity index (χ1v) is 5.83. The van der Waals surface area contributed by atoms with E-state index in [1.54, 1.807) is 12.4 Å². The van der Waals surface area contributed by atoms with Crippen molar-refractivity contribution in [1.82, 2.24) is 15.3 Å². The first-order chi connectivity index (χ1) is 8.28. The van der Waals surface area contributed by atoms with Gasteiger partial charge in [-0.25, -0.2) is 0 Å². The third-order valence-corrected chi connectivity index (χ3v) is 2.51. The molecule has 2 aromatic heterocycles. The summed E-state index contributed by atoms with van der Waals surface area (Å²) in [7, 11) is 0. The highest BCUT2D eigenvalue weighted by atomic mass is 16.3. The van der Waals surface area contributed by atoms with E-state index >= 15 is 0 Å². The van der Waals surface area contributed by atoms with Crippen LogP contribution in [0.3, 0.4) is 0 Å². The number of hydrogen-bond acceptors (Lipinski definition) is 4. The Morgan fingerprint density at radius 2 is 1.94 bits per heavy atom. The van der Waals surface area contributed by atoms with E-state index in [0.717, 1.165) is 35.9 Å². The molecule has 0 aliphatic carbocycles. The van der Waals surface area contributed by atoms with E-state index < -0.39 is 0 Å². The van der Waals surface area contributed by atoms with Crippen molar-refractivity contribution in [3.8, 4) is 0 Å². The van der Waals surface area contributed by atoms with E-state index in [-0.39, 0.29) is 0 Å². The van der Waals surface area contributed by atoms with Gasteiger partial charge in [0.2, 0.25) is 0 Å². The minimum atomic E-state index is 0.704. The van der Waals surface area contributed by atoms with Gasteiger partial charge in [-0.3, -0.25) is 9.97 Å². The maximum Gasteiger partial charge on any atom is 0.117 e. The van der Waals surface area contributed by atoms with Crippen molar-refractivity contribution in [1.29, 1.82) is 0 Å². The fourth-order valence-corrected chi connectivity index (χ4v) is 1.53. The fourth-order valence-electron chi connectivity index (χ4n) is 1.53. The zero-order valence-electron chi connectivity index (χ0n) is 10.2. The van der Waals surface area contributed by atoms with E-state index in [0.29, 0.717) is 6.54 Å². The summed E-state index contributed by atoms with van der Waals surface area (Å²) >= 11 is 0. The van der Waals surface area contributed by atoms with Crippen LogP contribution in [-0.2, 0) is 19.5 Å². The first-order valence-electron chi connectivity index (χ1n) is 5.83. The Bertz CT molecular complexity index is 462. The Hall–Kier alpha value is -1.68. The summed E-state index contributed by atoms with van der Waals surface area (Å²) in [6, 6.07) is 4.02. The van der Waals surface area contributed by atoms with Crippen molar-refractivity contribution in [2.75, 3.05) is 0 Å². The number of nitrogens with one attached hydrogen (secondary N) is 1. The molecule has 0 atom stereocenters. The van der Waals surface area contributed by atoms with Crippen molar-refractivity contribution in [2.45, 2.75) is 33.4 Å². The molecule has 0 unspecified atom stereocenters. The van der Waals surface area contributed by atoms with Crippen molar-refractivity contribution >= 4 is 0 Å². The largest absolute Gasteiger partial charge is 0.465 e. The number of furan rings is 1. The molecule has 0 bridgehead atoms. The van der Waals surface area contributed by atoms with Gasteiger partial charge < -0.3 is 9.73 Å². The molecule has 4 heteroatoms. The van der Waals surface area contributed by atoms with Crippen LogP contribution < -0.4 is 5.32 Å². The highest BCUT2D eigenvalue weighted by molar-refractivity contribution is 5.07. The molecule has 2 aromatic rings. The minimum absolute atomic E-state index is 0.704. The molecule has 1 N–H and O–H groups in total. The lowest BCUT2D eigenvalue weighted by molar-refractivity contribution is 0.449. The van der Waals surface area contributed by atoms with Gasteiger partial charge in [0.05, 0.1) is 17.9 Å². The van der Waals surface area contributed by atoms with Gasteiger partial charge in [-0.15, -0.1) is 0 Å². The maximum atomic E-state index is 5.59. The summed E-state index contributed by atoms with van der Waals surface area (Å²) in [5.41, 5.74) is 1.88. The number of aromatic nitrogens is 2. The van der Waals surface area contributed by atoms with Gasteiger partial charge in [0.1, 0.15) is 11.5 Å². The zero-order valence-corrected chi connectivity index (χ0v) is 10.2. The van der Waals surface area contributed by atoms with Gasteiger partial charge in [-0.1, -0.05) is 6.92 Å². The lowest BCUT2D eigenvalue weighted by atomic mass is 10.3. The number of rotatable bonds is 5. The van der Waals surface area contributed by atoms with Gasteiger partial charge >= 0.3 is 0 Å². The average Bonchev–Trinajstić information content (AvgIpc) is 2.80. The van der Waals surface area contributed by atoms with Crippen LogP contribution in [-0.4, -0.2) is 9.97 Å². The SMILES string of the molecule is CCc1ccc(CNCc2cnc(C)cn2)o1. The highest BCUT2D eigenvalue weighted by Gasteiger charge is 2.00. The Morgan fingerprint density at radius 3 is 2.59 bits per heavy atom. The van der Waals surface area contributed by atoms with E-state index in [9.17, 15) is 0 Å². The third-order valence-electron chi connectivity index (χ3n) is 2.51. The molecule has 0 aliphatic heterocycles. The van der Waals surface area contributed by atoms with Gasteiger partial charge in [-0.2, -0.15) is 0 Å². The van der Waals surface area contributed by atoms with E-state index in [1.807, 2.05) is 19.1 Å². The molecule has 90 valence electrons. The molecule has 0 fully saturated rings. The summed E-state index contributed by atoms with van der Waals surface area (Å²) in [6.45, 7) is 5.43. The predicted molar refractivity (Wildman–Crippen MR) is 65.4 cm³/mol. The van der Waals surface area contributed by atoms with Crippen molar-refractivity contribution in [3.63, 3.8) is 0 Å². The zero-order chi connectivity index (χ0) is 12.1. The Morgan fingerprint density at radius 1 is 1.12 bits per heavy atom. The lowest BCUT2D eigenvalue weighted by Gasteiger charge is -2.02. The number of hydrogen-bond donors (Lipinski definition) is 1. The van der Waals surface area contributed by atoms with Crippen LogP contribution in [0.15, 0.2) is 28.9 Å². The molecular formula is C13H17N3O. The van der Waals surface area contributed by atoms with Crippen molar-refractivity contribution in [2.24, 2.45) is 0 Å². The van der Waals surface area contributed by atoms with Gasteiger partial charge in [0.15, 0.2) is 0 Å². The molecule has 0 spiro atoms. The second-order valence-corrected chi connectivity index (χ2v) is 3.97. The monoisotopic (exact) mass is 231 g/mol. The molecule has 2 heterocycles. The molecule has 17 heavy (non-hydrogen) atoms. The number of aryl methyl sites for hydroxylation is 2. The molecule has 0 aliphatic rings. The van der Waals surface area contributed by atoms with Gasteiger partial charge in [0.25, 0.3) is 0 Å². The molecule has 0 saturated heterocycles. The van der Waals surface area contributed by atoms with Gasteiger partial charge in [-0.05, 0) is 19.1 Å². The van der Waals surface area contributed by atoms with Crippen LogP contribution in [0.25, 0.3) is 0 Å². The van der Waals surface area contributed by atoms with Crippen LogP contribution >= 0.6 is 0 Å². The van der Waals surface area contributed by atoms with Crippen LogP contribution in [0.5, 0.6) is 0 Å². The molecule has 2 rings (SSSR count). The van der Waals surface area contributed by atoms with Gasteiger partial charge in [0, 0.05) is 25.4 Å². The summed E-state index contributed by atoms with van der Waals surface area (Å²) in [5.74, 6) is 1.99. The highest BCUT2D eigenvalue weighted by Crippen LogP contribution is 2.08. The molecule has 0 aromatic carbocycles. The Balaban J connectivity index is 1.81. The van der Waals surface area contributed by atoms with E-state index in [4.69, 9.17) is 4.42 Å². The first kappa shape index (κ1) is 11.8. The smallest absolute Gasteiger partial charge is 0.117 e. The molecule has 4 nitrogen and oxygen atoms in total. The fraction of sp³-hybridized carbons (Fsp3) is 0.385. The topological polar surface area (TPSA) is 51.0 Å². The van der Waals surface area contributed by atoms with Crippen molar-refractivity contribution in [3.05, 3.63) is 47.4 Å². The Kier molecular flexibility index (Phi) is 3.88. The average molecular weight is 231 g/mol. The van der Waals surface area contributed by atoms with E-state index in [1.165, 1.54) is 0 Å². The standard InChI is InChI=1S/C13H17N3O/c1-3-12-4-5-13(17-12)9-14-7-11-8-15-10(2)6-16-11/h4-6,8,14H,3,7,9H2,1-2H3. The van der Waals surface area contributed by atoms with Crippen LogP contribution in [0.2, 0.25) is 0 Å². The summed E-state index contributed by atoms with van der Waals surface area (Å²) in [6.07, 6.45) is 4.50. The third kappa shape index (κ3) is 3.39. The van der Waals surface area contributed by atoms with Crippen LogP contribution in [0.4, 0.5) is 0 Å². The Labute approximate surface area is 101 Å². The van der Waals surface area contributed by atoms with E-state index in [2.05, 4.69) is 22.2 Å². The molecular weight excluding hydrogens is 214 g/mol. The summed E-state index contributed by atoms with van der Waals surface area (Å²) in [5, 5.41) is 3.28. The van der Waals surface area contributed by atoms with Crippen LogP contribution in [0, 0.1) is 6.92 Å². The minimum Gasteiger partial charge on any atom is -0.465 e. The van der Waals surface area contributed by atoms with Crippen LogP contribution in [0.1, 0.15) is 29.8 Å². The summed E-state index contributed by atoms with van der Waals surface area (Å²) in [4.78, 5) is 8.47. The quantitative estimate of drug-likeness (QED) is 0.857. The number of nitrogens with zero attached hydrogens (tertiary/aromatic N) is 2. The second-order valence-electron chi connectivity index (χ2n) is 3.97. The predicted octanol–water partition coefficient (Wildman–Crippen LogP) is 2.23. The van der Waals surface area contributed by atoms with Crippen molar-refractivity contribution < 1.29 is 4.42 Å². The molecule has 0 saturated carbocycles. The molecule has 0 amide bonds. The summed E-state index contributed by atoms with van der Waals surface area (Å²) < 4.78 is 5.59. The normalized spacial score (nSPS) is 10.7. The maximum absolute atomic E-state index is 5.59. The lowest BCUT2D eigenvalue weighted by Crippen LogP contribution is -2.13. The molecule has 0 radical (unpaired) electrons.